The first-order valence-corrected chi connectivity index (χ1v) is 21.0. The molecule has 304 valence electrons. The summed E-state index contributed by atoms with van der Waals surface area (Å²) in [5.41, 5.74) is 0.522. The van der Waals surface area contributed by atoms with Crippen molar-refractivity contribution >= 4 is 43.1 Å². The van der Waals surface area contributed by atoms with E-state index in [9.17, 15) is 23.1 Å². The Hall–Kier alpha value is -6.26. The number of benzene rings is 5. The van der Waals surface area contributed by atoms with Gasteiger partial charge in [0.1, 0.15) is 34.4 Å². The van der Waals surface area contributed by atoms with E-state index in [-0.39, 0.29) is 44.3 Å². The second-order valence-corrected chi connectivity index (χ2v) is 16.9. The van der Waals surface area contributed by atoms with Crippen molar-refractivity contribution in [3.8, 4) is 23.0 Å². The summed E-state index contributed by atoms with van der Waals surface area (Å²) in [7, 11) is -3.72. The minimum Gasteiger partial charge on any atom is -0.497 e. The summed E-state index contributed by atoms with van der Waals surface area (Å²) in [5, 5.41) is 13.6. The van der Waals surface area contributed by atoms with Gasteiger partial charge in [-0.3, -0.25) is 9.10 Å². The van der Waals surface area contributed by atoms with E-state index in [4.69, 9.17) is 18.9 Å². The van der Waals surface area contributed by atoms with Gasteiger partial charge in [-0.2, -0.15) is 0 Å². The van der Waals surface area contributed by atoms with Crippen LogP contribution in [0.4, 0.5) is 11.4 Å². The molecular formula is C42H43N3O11S2. The minimum atomic E-state index is -4.80. The number of sulfonamides is 1. The molecule has 5 aromatic carbocycles. The molecule has 0 radical (unpaired) electrons. The summed E-state index contributed by atoms with van der Waals surface area (Å²) >= 11 is 0. The highest BCUT2D eigenvalue weighted by molar-refractivity contribution is 7.93. The Bertz CT molecular complexity index is 2500. The number of sulfone groups is 1. The number of likely N-dealkylation sites (tertiary alicyclic amines) is 1. The van der Waals surface area contributed by atoms with Crippen LogP contribution in [0.25, 0.3) is 0 Å². The predicted molar refractivity (Wildman–Crippen MR) is 216 cm³/mol. The molecule has 58 heavy (non-hydrogen) atoms. The van der Waals surface area contributed by atoms with Crippen molar-refractivity contribution in [3.05, 3.63) is 126 Å². The maximum atomic E-state index is 15.1. The van der Waals surface area contributed by atoms with E-state index in [1.165, 1.54) is 101 Å². The number of carbonyl (C=O) groups is 2. The summed E-state index contributed by atoms with van der Waals surface area (Å²) in [5.74, 6) is -1.27. The number of hydrogen-bond acceptors (Lipinski definition) is 11. The highest BCUT2D eigenvalue weighted by Gasteiger charge is 2.38. The molecule has 2 atom stereocenters. The Morgan fingerprint density at radius 2 is 1.43 bits per heavy atom. The van der Waals surface area contributed by atoms with Crippen LogP contribution >= 0.6 is 0 Å². The first-order chi connectivity index (χ1) is 27.8. The fraction of sp³-hybridized carbons (Fsp3) is 0.238. The lowest BCUT2D eigenvalue weighted by Gasteiger charge is -2.31. The number of carboxylic acids is 1. The van der Waals surface area contributed by atoms with E-state index < -0.39 is 49.2 Å². The summed E-state index contributed by atoms with van der Waals surface area (Å²) in [6, 6.07) is 27.1. The number of methoxy groups -OCH3 is 4. The molecule has 6 rings (SSSR count). The Morgan fingerprint density at radius 3 is 2.09 bits per heavy atom. The molecule has 0 aromatic heterocycles. The molecule has 0 bridgehead atoms. The number of carbonyl (C=O) groups excluding carboxylic acids is 1. The lowest BCUT2D eigenvalue weighted by atomic mass is 10.0. The van der Waals surface area contributed by atoms with E-state index in [0.29, 0.717) is 30.9 Å². The van der Waals surface area contributed by atoms with Gasteiger partial charge in [0.25, 0.3) is 10.0 Å². The van der Waals surface area contributed by atoms with Gasteiger partial charge in [0.05, 0.1) is 55.6 Å². The van der Waals surface area contributed by atoms with Crippen LogP contribution in [0.1, 0.15) is 36.1 Å². The Morgan fingerprint density at radius 1 is 0.776 bits per heavy atom. The summed E-state index contributed by atoms with van der Waals surface area (Å²) in [4.78, 5) is 28.2. The fourth-order valence-corrected chi connectivity index (χ4v) is 10.2. The van der Waals surface area contributed by atoms with Gasteiger partial charge in [0.15, 0.2) is 6.04 Å². The molecule has 1 aliphatic heterocycles. The zero-order chi connectivity index (χ0) is 41.6. The first kappa shape index (κ1) is 41.4. The van der Waals surface area contributed by atoms with Gasteiger partial charge in [-0.1, -0.05) is 42.5 Å². The van der Waals surface area contributed by atoms with Crippen molar-refractivity contribution in [1.29, 1.82) is 0 Å². The van der Waals surface area contributed by atoms with Crippen molar-refractivity contribution < 1.29 is 50.5 Å². The number of aliphatic carboxylic acids is 1. The summed E-state index contributed by atoms with van der Waals surface area (Å²) < 4.78 is 81.0. The van der Waals surface area contributed by atoms with Crippen LogP contribution < -0.4 is 28.6 Å². The molecule has 2 unspecified atom stereocenters. The van der Waals surface area contributed by atoms with E-state index in [2.05, 4.69) is 5.32 Å². The second-order valence-electron chi connectivity index (χ2n) is 13.2. The SMILES string of the molecule is COc1ccc(S(=O)(=O)c2c(NC(C(=O)O)c3cc(OC)ccc3S(=O)(=O)N(CC(=O)N3CCCC3c3ccccc3)c3cccc(OC)c3)cccc2OC)cc1. The monoisotopic (exact) mass is 829 g/mol. The highest BCUT2D eigenvalue weighted by atomic mass is 32.2. The number of nitrogens with zero attached hydrogens (tertiary/aromatic N) is 2. The molecule has 1 heterocycles. The molecule has 0 saturated carbocycles. The van der Waals surface area contributed by atoms with Gasteiger partial charge in [-0.05, 0) is 85.1 Å². The van der Waals surface area contributed by atoms with E-state index in [1.807, 2.05) is 30.3 Å². The lowest BCUT2D eigenvalue weighted by molar-refractivity contribution is -0.138. The average molecular weight is 830 g/mol. The molecule has 0 spiro atoms. The second kappa shape index (κ2) is 17.5. The molecule has 1 saturated heterocycles. The maximum absolute atomic E-state index is 15.1. The third-order valence-electron chi connectivity index (χ3n) is 9.86. The van der Waals surface area contributed by atoms with Crippen molar-refractivity contribution in [2.75, 3.05) is 51.2 Å². The van der Waals surface area contributed by atoms with Crippen LogP contribution in [0.2, 0.25) is 0 Å². The third kappa shape index (κ3) is 8.38. The van der Waals surface area contributed by atoms with Crippen molar-refractivity contribution in [2.24, 2.45) is 0 Å². The normalized spacial score (nSPS) is 14.6. The number of hydrogen-bond donors (Lipinski definition) is 2. The van der Waals surface area contributed by atoms with Crippen LogP contribution in [0.5, 0.6) is 23.0 Å². The smallest absolute Gasteiger partial charge is 0.330 e. The maximum Gasteiger partial charge on any atom is 0.330 e. The van der Waals surface area contributed by atoms with Crippen LogP contribution in [0.15, 0.2) is 130 Å². The standard InChI is InChI=1S/C42H43N3O11S2/c1-53-30-18-21-33(22-19-30)57(49,50)41-35(15-9-17-37(41)56-4)43-40(42(47)48)34-26-32(55-3)20-23-38(34)58(51,52)45(29-13-8-14-31(25-29)54-2)27-39(46)44-24-10-16-36(44)28-11-6-5-7-12-28/h5-9,11-15,17-23,25-26,36,40,43H,10,16,24,27H2,1-4H3,(H,47,48). The Kier molecular flexibility index (Phi) is 12.5. The van der Waals surface area contributed by atoms with Crippen molar-refractivity contribution in [3.63, 3.8) is 0 Å². The number of anilines is 2. The Balaban J connectivity index is 1.47. The van der Waals surface area contributed by atoms with Gasteiger partial charge >= 0.3 is 5.97 Å². The predicted octanol–water partition coefficient (Wildman–Crippen LogP) is 6.35. The van der Waals surface area contributed by atoms with E-state index in [0.717, 1.165) is 9.87 Å². The average Bonchev–Trinajstić information content (AvgIpc) is 3.75. The summed E-state index contributed by atoms with van der Waals surface area (Å²) in [6.45, 7) is -0.221. The number of nitrogens with one attached hydrogen (secondary N) is 1. The molecule has 1 amide bonds. The third-order valence-corrected chi connectivity index (χ3v) is 13.6. The van der Waals surface area contributed by atoms with Gasteiger partial charge in [-0.25, -0.2) is 21.6 Å². The number of carboxylic acid groups (broad SMARTS) is 1. The topological polar surface area (TPSA) is 178 Å². The Labute approximate surface area is 337 Å². The molecule has 2 N–H and O–H groups in total. The minimum absolute atomic E-state index is 0.0884. The fourth-order valence-electron chi connectivity index (χ4n) is 6.98. The molecule has 5 aromatic rings. The first-order valence-electron chi connectivity index (χ1n) is 18.1. The molecule has 1 fully saturated rings. The lowest BCUT2D eigenvalue weighted by Crippen LogP contribution is -2.43. The summed E-state index contributed by atoms with van der Waals surface area (Å²) in [6.07, 6.45) is 1.41. The molecule has 1 aliphatic rings. The van der Waals surface area contributed by atoms with Crippen LogP contribution in [0, 0.1) is 0 Å². The van der Waals surface area contributed by atoms with Gasteiger partial charge in [0.2, 0.25) is 15.7 Å². The van der Waals surface area contributed by atoms with Gasteiger partial charge < -0.3 is 34.3 Å². The van der Waals surface area contributed by atoms with Gasteiger partial charge in [0, 0.05) is 18.2 Å². The number of rotatable bonds is 16. The van der Waals surface area contributed by atoms with Crippen LogP contribution in [-0.4, -0.2) is 80.2 Å². The highest BCUT2D eigenvalue weighted by Crippen LogP contribution is 2.40. The molecule has 14 nitrogen and oxygen atoms in total. The zero-order valence-corrected chi connectivity index (χ0v) is 33.8. The van der Waals surface area contributed by atoms with Crippen molar-refractivity contribution in [1.82, 2.24) is 4.90 Å². The number of amides is 1. The number of ether oxygens (including phenoxy) is 4. The largest absolute Gasteiger partial charge is 0.497 e. The molecule has 0 aliphatic carbocycles. The zero-order valence-electron chi connectivity index (χ0n) is 32.2. The van der Waals surface area contributed by atoms with Gasteiger partial charge in [-0.15, -0.1) is 0 Å². The molecular weight excluding hydrogens is 787 g/mol. The van der Waals surface area contributed by atoms with E-state index in [1.54, 1.807) is 17.0 Å². The molecule has 16 heteroatoms. The van der Waals surface area contributed by atoms with Crippen LogP contribution in [-0.2, 0) is 29.4 Å². The van der Waals surface area contributed by atoms with Crippen molar-refractivity contribution in [2.45, 2.75) is 39.6 Å². The quantitative estimate of drug-likeness (QED) is 0.113. The van der Waals surface area contributed by atoms with Crippen LogP contribution in [0.3, 0.4) is 0 Å². The van der Waals surface area contributed by atoms with E-state index >= 15 is 8.42 Å².